The predicted molar refractivity (Wildman–Crippen MR) is 50.5 cm³/mol. The molecule has 68 valence electrons. The van der Waals surface area contributed by atoms with E-state index in [9.17, 15) is 4.79 Å². The van der Waals surface area contributed by atoms with Crippen LogP contribution in [0.3, 0.4) is 0 Å². The van der Waals surface area contributed by atoms with Gasteiger partial charge in [-0.15, -0.1) is 12.3 Å². The van der Waals surface area contributed by atoms with Crippen molar-refractivity contribution in [2.45, 2.75) is 39.2 Å². The van der Waals surface area contributed by atoms with Gasteiger partial charge in [-0.2, -0.15) is 0 Å². The average Bonchev–Trinajstić information content (AvgIpc) is 1.98. The maximum Gasteiger partial charge on any atom is 0.150 e. The summed E-state index contributed by atoms with van der Waals surface area (Å²) in [6, 6.07) is -0.321. The molecule has 2 heteroatoms. The maximum atomic E-state index is 11.2. The molecule has 0 aromatic heterocycles. The van der Waals surface area contributed by atoms with E-state index in [1.807, 2.05) is 13.8 Å². The molecular formula is C10H17NO. The second-order valence-corrected chi connectivity index (χ2v) is 3.41. The summed E-state index contributed by atoms with van der Waals surface area (Å²) in [6.45, 7) is 4.10. The van der Waals surface area contributed by atoms with E-state index in [1.165, 1.54) is 0 Å². The Bertz CT molecular complexity index is 179. The van der Waals surface area contributed by atoms with Crippen LogP contribution >= 0.6 is 0 Å². The molecule has 2 nitrogen and oxygen atoms in total. The summed E-state index contributed by atoms with van der Waals surface area (Å²) < 4.78 is 0. The molecule has 0 saturated carbocycles. The molecule has 0 aliphatic carbocycles. The van der Waals surface area contributed by atoms with Crippen molar-refractivity contribution in [2.24, 2.45) is 11.7 Å². The molecule has 0 fully saturated rings. The number of hydrogen-bond donors (Lipinski definition) is 1. The van der Waals surface area contributed by atoms with Crippen molar-refractivity contribution < 1.29 is 4.79 Å². The fraction of sp³-hybridized carbons (Fsp3) is 0.700. The molecule has 0 aromatic rings. The lowest BCUT2D eigenvalue weighted by Crippen LogP contribution is -2.31. The molecule has 0 rings (SSSR count). The van der Waals surface area contributed by atoms with E-state index in [0.717, 1.165) is 6.42 Å². The zero-order valence-electron chi connectivity index (χ0n) is 7.84. The molecular weight excluding hydrogens is 150 g/mol. The van der Waals surface area contributed by atoms with Gasteiger partial charge in [0.1, 0.15) is 5.78 Å². The normalized spacial score (nSPS) is 12.6. The SMILES string of the molecule is C#CCCC(=O)C(N)CC(C)C. The van der Waals surface area contributed by atoms with E-state index in [4.69, 9.17) is 12.2 Å². The van der Waals surface area contributed by atoms with Crippen LogP contribution in [-0.4, -0.2) is 11.8 Å². The van der Waals surface area contributed by atoms with Crippen molar-refractivity contribution in [2.75, 3.05) is 0 Å². The van der Waals surface area contributed by atoms with Crippen LogP contribution in [0, 0.1) is 18.3 Å². The minimum absolute atomic E-state index is 0.0849. The Balaban J connectivity index is 3.70. The molecule has 1 atom stereocenters. The molecule has 0 aromatic carbocycles. The van der Waals surface area contributed by atoms with Gasteiger partial charge in [-0.1, -0.05) is 13.8 Å². The monoisotopic (exact) mass is 167 g/mol. The van der Waals surface area contributed by atoms with Gasteiger partial charge in [-0.25, -0.2) is 0 Å². The Morgan fingerprint density at radius 3 is 2.58 bits per heavy atom. The van der Waals surface area contributed by atoms with E-state index >= 15 is 0 Å². The Labute approximate surface area is 74.5 Å². The summed E-state index contributed by atoms with van der Waals surface area (Å²) in [5.74, 6) is 2.98. The van der Waals surface area contributed by atoms with Crippen LogP contribution in [0.1, 0.15) is 33.1 Å². The highest BCUT2D eigenvalue weighted by Gasteiger charge is 2.13. The first-order valence-electron chi connectivity index (χ1n) is 4.29. The highest BCUT2D eigenvalue weighted by molar-refractivity contribution is 5.83. The van der Waals surface area contributed by atoms with E-state index in [0.29, 0.717) is 18.8 Å². The smallest absolute Gasteiger partial charge is 0.150 e. The summed E-state index contributed by atoms with van der Waals surface area (Å²) >= 11 is 0. The Morgan fingerprint density at radius 1 is 1.58 bits per heavy atom. The standard InChI is InChI=1S/C10H17NO/c1-4-5-6-10(12)9(11)7-8(2)3/h1,8-9H,5-7,11H2,2-3H3. The molecule has 1 unspecified atom stereocenters. The predicted octanol–water partition coefficient (Wildman–Crippen LogP) is 1.34. The molecule has 12 heavy (non-hydrogen) atoms. The highest BCUT2D eigenvalue weighted by Crippen LogP contribution is 2.05. The van der Waals surface area contributed by atoms with Crippen LogP contribution in [-0.2, 0) is 4.79 Å². The summed E-state index contributed by atoms with van der Waals surface area (Å²) in [4.78, 5) is 11.2. The summed E-state index contributed by atoms with van der Waals surface area (Å²) in [6.07, 6.45) is 6.71. The molecule has 0 spiro atoms. The lowest BCUT2D eigenvalue weighted by Gasteiger charge is -2.11. The van der Waals surface area contributed by atoms with Gasteiger partial charge in [-0.3, -0.25) is 4.79 Å². The van der Waals surface area contributed by atoms with Gasteiger partial charge >= 0.3 is 0 Å². The van der Waals surface area contributed by atoms with Gasteiger partial charge in [0.05, 0.1) is 6.04 Å². The summed E-state index contributed by atoms with van der Waals surface area (Å²) in [5.41, 5.74) is 5.64. The van der Waals surface area contributed by atoms with Gasteiger partial charge in [0.2, 0.25) is 0 Å². The van der Waals surface area contributed by atoms with Crippen molar-refractivity contribution in [1.29, 1.82) is 0 Å². The van der Waals surface area contributed by atoms with Crippen molar-refractivity contribution in [1.82, 2.24) is 0 Å². The van der Waals surface area contributed by atoms with Crippen LogP contribution in [0.15, 0.2) is 0 Å². The van der Waals surface area contributed by atoms with Crippen molar-refractivity contribution in [3.05, 3.63) is 0 Å². The van der Waals surface area contributed by atoms with E-state index < -0.39 is 0 Å². The van der Waals surface area contributed by atoms with Crippen molar-refractivity contribution in [3.63, 3.8) is 0 Å². The number of carbonyl (C=O) groups excluding carboxylic acids is 1. The van der Waals surface area contributed by atoms with Crippen molar-refractivity contribution in [3.8, 4) is 12.3 Å². The fourth-order valence-corrected chi connectivity index (χ4v) is 1.02. The Kier molecular flexibility index (Phi) is 5.40. The minimum atomic E-state index is -0.321. The lowest BCUT2D eigenvalue weighted by molar-refractivity contribution is -0.120. The maximum absolute atomic E-state index is 11.2. The van der Waals surface area contributed by atoms with Crippen LogP contribution in [0.2, 0.25) is 0 Å². The molecule has 0 saturated heterocycles. The van der Waals surface area contributed by atoms with Crippen LogP contribution in [0.25, 0.3) is 0 Å². The fourth-order valence-electron chi connectivity index (χ4n) is 1.02. The number of ketones is 1. The van der Waals surface area contributed by atoms with Gasteiger partial charge in [-0.05, 0) is 12.3 Å². The molecule has 2 N–H and O–H groups in total. The van der Waals surface area contributed by atoms with Crippen LogP contribution in [0.5, 0.6) is 0 Å². The average molecular weight is 167 g/mol. The first kappa shape index (κ1) is 11.2. The molecule has 0 amide bonds. The second-order valence-electron chi connectivity index (χ2n) is 3.41. The largest absolute Gasteiger partial charge is 0.321 e. The molecule has 0 radical (unpaired) electrons. The minimum Gasteiger partial charge on any atom is -0.321 e. The van der Waals surface area contributed by atoms with E-state index in [2.05, 4.69) is 5.92 Å². The highest BCUT2D eigenvalue weighted by atomic mass is 16.1. The van der Waals surface area contributed by atoms with Crippen molar-refractivity contribution >= 4 is 5.78 Å². The number of nitrogens with two attached hydrogens (primary N) is 1. The number of carbonyl (C=O) groups is 1. The third kappa shape index (κ3) is 4.92. The number of Topliss-reactive ketones (excluding diaryl/α,β-unsaturated/α-hetero) is 1. The summed E-state index contributed by atoms with van der Waals surface area (Å²) in [5, 5.41) is 0. The quantitative estimate of drug-likeness (QED) is 0.628. The number of rotatable bonds is 5. The lowest BCUT2D eigenvalue weighted by atomic mass is 9.99. The molecule has 0 aliphatic heterocycles. The number of hydrogen-bond acceptors (Lipinski definition) is 2. The first-order valence-corrected chi connectivity index (χ1v) is 4.29. The molecule has 0 heterocycles. The van der Waals surface area contributed by atoms with Gasteiger partial charge in [0.15, 0.2) is 0 Å². The first-order chi connectivity index (χ1) is 5.57. The van der Waals surface area contributed by atoms with E-state index in [-0.39, 0.29) is 11.8 Å². The number of terminal acetylenes is 1. The Hall–Kier alpha value is -0.810. The van der Waals surface area contributed by atoms with Gasteiger partial charge in [0, 0.05) is 12.8 Å². The third-order valence-corrected chi connectivity index (χ3v) is 1.65. The van der Waals surface area contributed by atoms with Gasteiger partial charge in [0.25, 0.3) is 0 Å². The van der Waals surface area contributed by atoms with Crippen LogP contribution < -0.4 is 5.73 Å². The summed E-state index contributed by atoms with van der Waals surface area (Å²) in [7, 11) is 0. The molecule has 0 bridgehead atoms. The second kappa shape index (κ2) is 5.79. The van der Waals surface area contributed by atoms with E-state index in [1.54, 1.807) is 0 Å². The molecule has 0 aliphatic rings. The topological polar surface area (TPSA) is 43.1 Å². The Morgan fingerprint density at radius 2 is 2.17 bits per heavy atom. The zero-order valence-corrected chi connectivity index (χ0v) is 7.84. The van der Waals surface area contributed by atoms with Gasteiger partial charge < -0.3 is 5.73 Å². The van der Waals surface area contributed by atoms with Crippen LogP contribution in [0.4, 0.5) is 0 Å². The zero-order chi connectivity index (χ0) is 9.56. The third-order valence-electron chi connectivity index (χ3n) is 1.65.